The Morgan fingerprint density at radius 2 is 1.58 bits per heavy atom. The highest BCUT2D eigenvalue weighted by molar-refractivity contribution is 5.47. The molecule has 1 fully saturated rings. The maximum Gasteiger partial charge on any atom is 0.00682 e. The van der Waals surface area contributed by atoms with Crippen LogP contribution in [0, 0.1) is 27.7 Å². The lowest BCUT2D eigenvalue weighted by Gasteiger charge is -2.31. The first-order valence-corrected chi connectivity index (χ1v) is 7.64. The lowest BCUT2D eigenvalue weighted by atomic mass is 9.75. The van der Waals surface area contributed by atoms with Crippen molar-refractivity contribution in [3.63, 3.8) is 0 Å². The summed E-state index contributed by atoms with van der Waals surface area (Å²) >= 11 is 0. The van der Waals surface area contributed by atoms with Gasteiger partial charge in [-0.05, 0) is 86.7 Å². The first kappa shape index (κ1) is 14.6. The van der Waals surface area contributed by atoms with Crippen LogP contribution in [0.4, 0.5) is 0 Å². The molecule has 1 aromatic carbocycles. The van der Waals surface area contributed by atoms with E-state index in [2.05, 4.69) is 52.9 Å². The summed E-state index contributed by atoms with van der Waals surface area (Å²) in [7, 11) is 0. The van der Waals surface area contributed by atoms with Crippen molar-refractivity contribution in [1.29, 1.82) is 0 Å². The zero-order valence-corrected chi connectivity index (χ0v) is 13.5. The van der Waals surface area contributed by atoms with Crippen LogP contribution in [0.3, 0.4) is 0 Å². The van der Waals surface area contributed by atoms with Crippen molar-refractivity contribution >= 4 is 0 Å². The number of hydrogen-bond donors (Lipinski definition) is 1. The molecule has 0 spiro atoms. The van der Waals surface area contributed by atoms with Crippen molar-refractivity contribution < 1.29 is 0 Å². The van der Waals surface area contributed by atoms with Gasteiger partial charge in [-0.2, -0.15) is 0 Å². The van der Waals surface area contributed by atoms with Crippen LogP contribution in [0.5, 0.6) is 0 Å². The molecule has 0 amide bonds. The van der Waals surface area contributed by atoms with Gasteiger partial charge in [0.15, 0.2) is 0 Å². The normalized spacial score (nSPS) is 15.9. The molecule has 1 nitrogen and oxygen atoms in total. The van der Waals surface area contributed by atoms with Gasteiger partial charge in [0.1, 0.15) is 0 Å². The molecule has 0 aliphatic heterocycles. The van der Waals surface area contributed by atoms with E-state index in [0.717, 1.165) is 12.6 Å². The molecule has 0 saturated heterocycles. The molecule has 1 heteroatoms. The van der Waals surface area contributed by atoms with Crippen molar-refractivity contribution in [1.82, 2.24) is 5.32 Å². The van der Waals surface area contributed by atoms with Gasteiger partial charge >= 0.3 is 0 Å². The van der Waals surface area contributed by atoms with Crippen LogP contribution in [-0.2, 0) is 5.41 Å². The molecule has 0 aromatic heterocycles. The van der Waals surface area contributed by atoms with Crippen LogP contribution in [0.2, 0.25) is 0 Å². The van der Waals surface area contributed by atoms with E-state index < -0.39 is 0 Å². The molecule has 1 N–H and O–H groups in total. The van der Waals surface area contributed by atoms with Gasteiger partial charge in [0.2, 0.25) is 0 Å². The summed E-state index contributed by atoms with van der Waals surface area (Å²) in [5, 5.41) is 3.65. The van der Waals surface area contributed by atoms with Gasteiger partial charge in [-0.25, -0.2) is 0 Å². The average molecular weight is 259 g/mol. The monoisotopic (exact) mass is 259 g/mol. The molecular formula is C18H29N. The fourth-order valence-corrected chi connectivity index (χ4v) is 3.23. The highest BCUT2D eigenvalue weighted by Gasteiger charge is 2.27. The van der Waals surface area contributed by atoms with Crippen LogP contribution in [0.15, 0.2) is 6.07 Å². The first-order valence-electron chi connectivity index (χ1n) is 7.64. The molecule has 1 aliphatic rings. The van der Waals surface area contributed by atoms with Gasteiger partial charge in [0.05, 0.1) is 0 Å². The summed E-state index contributed by atoms with van der Waals surface area (Å²) in [6.45, 7) is 15.0. The summed E-state index contributed by atoms with van der Waals surface area (Å²) in [5.41, 5.74) is 7.66. The molecule has 0 bridgehead atoms. The fourth-order valence-electron chi connectivity index (χ4n) is 3.23. The van der Waals surface area contributed by atoms with Crippen LogP contribution >= 0.6 is 0 Å². The van der Waals surface area contributed by atoms with Gasteiger partial charge in [0, 0.05) is 6.04 Å². The lowest BCUT2D eigenvalue weighted by Crippen LogP contribution is -2.28. The Bertz CT molecular complexity index is 441. The SMILES string of the molecule is Cc1cc(C)c(C)c(C(C)(C)CCNC2CC2)c1C. The van der Waals surface area contributed by atoms with Crippen LogP contribution in [0.25, 0.3) is 0 Å². The van der Waals surface area contributed by atoms with Crippen LogP contribution in [0.1, 0.15) is 60.9 Å². The van der Waals surface area contributed by atoms with Crippen molar-refractivity contribution in [2.24, 2.45) is 0 Å². The number of benzene rings is 1. The first-order chi connectivity index (χ1) is 8.83. The average Bonchev–Trinajstić information content (AvgIpc) is 3.10. The topological polar surface area (TPSA) is 12.0 Å². The number of aryl methyl sites for hydroxylation is 2. The molecule has 1 aromatic rings. The zero-order valence-electron chi connectivity index (χ0n) is 13.5. The Hall–Kier alpha value is -0.820. The Labute approximate surface area is 118 Å². The third-order valence-electron chi connectivity index (χ3n) is 4.80. The molecular weight excluding hydrogens is 230 g/mol. The minimum Gasteiger partial charge on any atom is -0.314 e. The van der Waals surface area contributed by atoms with E-state index in [0.29, 0.717) is 0 Å². The Balaban J connectivity index is 2.22. The highest BCUT2D eigenvalue weighted by atomic mass is 14.9. The van der Waals surface area contributed by atoms with E-state index in [-0.39, 0.29) is 5.41 Å². The summed E-state index contributed by atoms with van der Waals surface area (Å²) < 4.78 is 0. The van der Waals surface area contributed by atoms with E-state index in [1.54, 1.807) is 5.56 Å². The van der Waals surface area contributed by atoms with E-state index in [4.69, 9.17) is 0 Å². The summed E-state index contributed by atoms with van der Waals surface area (Å²) in [4.78, 5) is 0. The van der Waals surface area contributed by atoms with Crippen LogP contribution in [-0.4, -0.2) is 12.6 Å². The summed E-state index contributed by atoms with van der Waals surface area (Å²) in [6, 6.07) is 3.14. The number of hydrogen-bond acceptors (Lipinski definition) is 1. The Morgan fingerprint density at radius 3 is 2.05 bits per heavy atom. The van der Waals surface area contributed by atoms with Gasteiger partial charge in [-0.15, -0.1) is 0 Å². The highest BCUT2D eigenvalue weighted by Crippen LogP contribution is 2.35. The third kappa shape index (κ3) is 3.20. The summed E-state index contributed by atoms with van der Waals surface area (Å²) in [5.74, 6) is 0. The minimum atomic E-state index is 0.257. The summed E-state index contributed by atoms with van der Waals surface area (Å²) in [6.07, 6.45) is 3.97. The maximum atomic E-state index is 3.65. The Kier molecular flexibility index (Phi) is 4.06. The molecule has 19 heavy (non-hydrogen) atoms. The molecule has 1 saturated carbocycles. The Morgan fingerprint density at radius 1 is 1.05 bits per heavy atom. The second-order valence-electron chi connectivity index (χ2n) is 7.00. The van der Waals surface area contributed by atoms with Gasteiger partial charge in [0.25, 0.3) is 0 Å². The lowest BCUT2D eigenvalue weighted by molar-refractivity contribution is 0.451. The molecule has 2 rings (SSSR count). The van der Waals surface area contributed by atoms with Crippen molar-refractivity contribution in [2.75, 3.05) is 6.54 Å². The van der Waals surface area contributed by atoms with Crippen LogP contribution < -0.4 is 5.32 Å². The van der Waals surface area contributed by atoms with Crippen molar-refractivity contribution in [3.05, 3.63) is 33.9 Å². The van der Waals surface area contributed by atoms with Gasteiger partial charge in [-0.3, -0.25) is 0 Å². The molecule has 0 heterocycles. The predicted molar refractivity (Wildman–Crippen MR) is 84.1 cm³/mol. The quantitative estimate of drug-likeness (QED) is 0.829. The zero-order chi connectivity index (χ0) is 14.2. The number of nitrogens with one attached hydrogen (secondary N) is 1. The van der Waals surface area contributed by atoms with E-state index in [1.807, 2.05) is 0 Å². The van der Waals surface area contributed by atoms with E-state index >= 15 is 0 Å². The smallest absolute Gasteiger partial charge is 0.00682 e. The molecule has 0 radical (unpaired) electrons. The molecule has 106 valence electrons. The molecule has 0 atom stereocenters. The van der Waals surface area contributed by atoms with E-state index in [1.165, 1.54) is 41.5 Å². The van der Waals surface area contributed by atoms with Crippen molar-refractivity contribution in [2.45, 2.75) is 72.3 Å². The standard InChI is InChI=1S/C18H29N/c1-12-11-13(2)15(4)17(14(12)3)18(5,6)9-10-19-16-7-8-16/h11,16,19H,7-10H2,1-6H3. The number of rotatable bonds is 5. The second kappa shape index (κ2) is 5.28. The molecule has 1 aliphatic carbocycles. The van der Waals surface area contributed by atoms with E-state index in [9.17, 15) is 0 Å². The second-order valence-corrected chi connectivity index (χ2v) is 7.00. The minimum absolute atomic E-state index is 0.257. The van der Waals surface area contributed by atoms with Gasteiger partial charge in [-0.1, -0.05) is 19.9 Å². The molecule has 0 unspecified atom stereocenters. The predicted octanol–water partition coefficient (Wildman–Crippen LogP) is 4.34. The van der Waals surface area contributed by atoms with Gasteiger partial charge < -0.3 is 5.32 Å². The van der Waals surface area contributed by atoms with Crippen molar-refractivity contribution in [3.8, 4) is 0 Å². The largest absolute Gasteiger partial charge is 0.314 e. The maximum absolute atomic E-state index is 3.65. The third-order valence-corrected chi connectivity index (χ3v) is 4.80. The fraction of sp³-hybridized carbons (Fsp3) is 0.667.